The van der Waals surface area contributed by atoms with Crippen molar-refractivity contribution in [2.45, 2.75) is 20.8 Å². The quantitative estimate of drug-likeness (QED) is 0.241. The van der Waals surface area contributed by atoms with Gasteiger partial charge < -0.3 is 15.0 Å². The largest absolute Gasteiger partial charge is 0.354 e. The molecule has 3 heteroatoms. The molecule has 0 saturated heterocycles. The van der Waals surface area contributed by atoms with Crippen LogP contribution in [0, 0.1) is 20.8 Å². The molecule has 0 atom stereocenters. The second kappa shape index (κ2) is 5.25. The number of aromatic nitrogens is 3. The number of nitrogens with one attached hydrogen (secondary N) is 3. The van der Waals surface area contributed by atoms with Crippen molar-refractivity contribution in [2.24, 2.45) is 0 Å². The number of benzene rings is 4. The summed E-state index contributed by atoms with van der Waals surface area (Å²) in [5, 5.41) is 7.83. The molecule has 3 N–H and O–H groups in total. The third-order valence-corrected chi connectivity index (χ3v) is 6.77. The number of fused-ring (bicyclic) bond motifs is 12. The van der Waals surface area contributed by atoms with Crippen LogP contribution >= 0.6 is 0 Å². The van der Waals surface area contributed by atoms with Crippen molar-refractivity contribution in [1.82, 2.24) is 15.0 Å². The Morgan fingerprint density at radius 2 is 1.10 bits per heavy atom. The minimum atomic E-state index is 1.18. The Labute approximate surface area is 172 Å². The monoisotopic (exact) mass is 387 g/mol. The molecule has 0 aliphatic heterocycles. The molecule has 0 amide bonds. The molecule has 0 saturated carbocycles. The summed E-state index contributed by atoms with van der Waals surface area (Å²) in [5.41, 5.74) is 11.0. The van der Waals surface area contributed by atoms with Gasteiger partial charge in [0.25, 0.3) is 0 Å². The van der Waals surface area contributed by atoms with Crippen LogP contribution in [-0.4, -0.2) is 15.0 Å². The van der Waals surface area contributed by atoms with Gasteiger partial charge in [-0.15, -0.1) is 0 Å². The van der Waals surface area contributed by atoms with Gasteiger partial charge in [0.2, 0.25) is 0 Å². The molecule has 0 unspecified atom stereocenters. The number of aryl methyl sites for hydroxylation is 3. The molecule has 0 aliphatic rings. The van der Waals surface area contributed by atoms with Gasteiger partial charge in [-0.05, 0) is 56.2 Å². The summed E-state index contributed by atoms with van der Waals surface area (Å²) in [6.07, 6.45) is 0. The zero-order valence-electron chi connectivity index (χ0n) is 17.2. The van der Waals surface area contributed by atoms with E-state index in [1.165, 1.54) is 82.1 Å². The summed E-state index contributed by atoms with van der Waals surface area (Å²) >= 11 is 0. The van der Waals surface area contributed by atoms with E-state index in [0.29, 0.717) is 0 Å². The molecular weight excluding hydrogens is 366 g/mol. The molecule has 0 radical (unpaired) electrons. The van der Waals surface area contributed by atoms with Gasteiger partial charge in [0.15, 0.2) is 0 Å². The summed E-state index contributed by atoms with van der Waals surface area (Å²) in [6.45, 7) is 6.58. The van der Waals surface area contributed by atoms with Crippen molar-refractivity contribution in [1.29, 1.82) is 0 Å². The third-order valence-electron chi connectivity index (χ3n) is 6.77. The fraction of sp³-hybridized carbons (Fsp3) is 0.111. The van der Waals surface area contributed by atoms with Crippen LogP contribution in [-0.2, 0) is 0 Å². The van der Waals surface area contributed by atoms with E-state index in [1.54, 1.807) is 0 Å². The molecule has 7 aromatic rings. The van der Waals surface area contributed by atoms with E-state index in [1.807, 2.05) is 0 Å². The Morgan fingerprint density at radius 1 is 0.500 bits per heavy atom. The van der Waals surface area contributed by atoms with Gasteiger partial charge in [0.1, 0.15) is 0 Å². The topological polar surface area (TPSA) is 47.4 Å². The van der Waals surface area contributed by atoms with Gasteiger partial charge in [-0.25, -0.2) is 0 Å². The van der Waals surface area contributed by atoms with E-state index in [9.17, 15) is 0 Å². The van der Waals surface area contributed by atoms with Crippen LogP contribution in [0.5, 0.6) is 0 Å². The summed E-state index contributed by atoms with van der Waals surface area (Å²) < 4.78 is 0. The first-order chi connectivity index (χ1) is 14.6. The molecule has 0 fully saturated rings. The first-order valence-electron chi connectivity index (χ1n) is 10.5. The standard InChI is InChI=1S/C27H21N3/c1-13-10-11-17-16(12-13)22-23-20-14(2)6-4-8-18(20)29-25(23)24-21-15(3)7-5-9-19(21)30-27(24)26(22)28-17/h4-12,28-30H,1-3H3. The Kier molecular flexibility index (Phi) is 2.82. The van der Waals surface area contributed by atoms with Gasteiger partial charge >= 0.3 is 0 Å². The van der Waals surface area contributed by atoms with E-state index in [-0.39, 0.29) is 0 Å². The third kappa shape index (κ3) is 1.81. The summed E-state index contributed by atoms with van der Waals surface area (Å²) in [6, 6.07) is 19.8. The second-order valence-electron chi connectivity index (χ2n) is 8.67. The lowest BCUT2D eigenvalue weighted by Crippen LogP contribution is -1.80. The summed E-state index contributed by atoms with van der Waals surface area (Å²) in [4.78, 5) is 11.3. The maximum absolute atomic E-state index is 3.79. The van der Waals surface area contributed by atoms with Crippen molar-refractivity contribution >= 4 is 65.4 Å². The molecule has 7 rings (SSSR count). The van der Waals surface area contributed by atoms with Crippen LogP contribution in [0.25, 0.3) is 65.4 Å². The number of rotatable bonds is 0. The lowest BCUT2D eigenvalue weighted by atomic mass is 9.98. The van der Waals surface area contributed by atoms with Crippen molar-refractivity contribution in [3.05, 3.63) is 71.3 Å². The highest BCUT2D eigenvalue weighted by molar-refractivity contribution is 6.39. The zero-order chi connectivity index (χ0) is 20.1. The number of H-pyrrole nitrogens is 3. The van der Waals surface area contributed by atoms with Crippen LogP contribution < -0.4 is 0 Å². The van der Waals surface area contributed by atoms with E-state index >= 15 is 0 Å². The lowest BCUT2D eigenvalue weighted by Gasteiger charge is -2.03. The SMILES string of the molecule is Cc1ccc2[nH]c3c4[nH]c5cccc(C)c5c4c4[nH]c5cccc(C)c5c4c3c2c1. The summed E-state index contributed by atoms with van der Waals surface area (Å²) in [5.74, 6) is 0. The van der Waals surface area contributed by atoms with Gasteiger partial charge in [-0.1, -0.05) is 35.9 Å². The Hall–Kier alpha value is -3.72. The Balaban J connectivity index is 1.94. The molecule has 0 aliphatic carbocycles. The van der Waals surface area contributed by atoms with Gasteiger partial charge in [-0.2, -0.15) is 0 Å². The van der Waals surface area contributed by atoms with Crippen LogP contribution in [0.4, 0.5) is 0 Å². The molecule has 144 valence electrons. The van der Waals surface area contributed by atoms with Crippen LogP contribution in [0.1, 0.15) is 16.7 Å². The number of hydrogen-bond donors (Lipinski definition) is 3. The van der Waals surface area contributed by atoms with Crippen LogP contribution in [0.2, 0.25) is 0 Å². The van der Waals surface area contributed by atoms with E-state index in [0.717, 1.165) is 0 Å². The average molecular weight is 387 g/mol. The maximum Gasteiger partial charge on any atom is 0.0732 e. The molecular formula is C27H21N3. The number of hydrogen-bond acceptors (Lipinski definition) is 0. The van der Waals surface area contributed by atoms with E-state index in [4.69, 9.17) is 0 Å². The van der Waals surface area contributed by atoms with Crippen LogP contribution in [0.3, 0.4) is 0 Å². The molecule has 0 bridgehead atoms. The predicted octanol–water partition coefficient (Wildman–Crippen LogP) is 7.52. The smallest absolute Gasteiger partial charge is 0.0732 e. The highest BCUT2D eigenvalue weighted by Crippen LogP contribution is 2.45. The highest BCUT2D eigenvalue weighted by Gasteiger charge is 2.21. The van der Waals surface area contributed by atoms with Crippen molar-refractivity contribution in [3.8, 4) is 0 Å². The van der Waals surface area contributed by atoms with Crippen molar-refractivity contribution in [2.75, 3.05) is 0 Å². The Morgan fingerprint density at radius 3 is 1.83 bits per heavy atom. The molecule has 0 spiro atoms. The minimum absolute atomic E-state index is 1.18. The Bertz CT molecular complexity index is 1820. The van der Waals surface area contributed by atoms with Crippen molar-refractivity contribution < 1.29 is 0 Å². The molecule has 3 nitrogen and oxygen atoms in total. The van der Waals surface area contributed by atoms with Gasteiger partial charge in [0.05, 0.1) is 16.6 Å². The van der Waals surface area contributed by atoms with Crippen LogP contribution in [0.15, 0.2) is 54.6 Å². The fourth-order valence-electron chi connectivity index (χ4n) is 5.48. The lowest BCUT2D eigenvalue weighted by molar-refractivity contribution is 1.48. The average Bonchev–Trinajstić information content (AvgIpc) is 3.39. The normalized spacial score (nSPS) is 12.5. The fourth-order valence-corrected chi connectivity index (χ4v) is 5.48. The molecule has 3 heterocycles. The van der Waals surface area contributed by atoms with Crippen molar-refractivity contribution in [3.63, 3.8) is 0 Å². The second-order valence-corrected chi connectivity index (χ2v) is 8.67. The first-order valence-corrected chi connectivity index (χ1v) is 10.5. The van der Waals surface area contributed by atoms with Gasteiger partial charge in [0, 0.05) is 48.9 Å². The van der Waals surface area contributed by atoms with E-state index < -0.39 is 0 Å². The highest BCUT2D eigenvalue weighted by atomic mass is 14.8. The number of aromatic amines is 3. The minimum Gasteiger partial charge on any atom is -0.354 e. The predicted molar refractivity (Wildman–Crippen MR) is 129 cm³/mol. The zero-order valence-corrected chi connectivity index (χ0v) is 17.2. The maximum atomic E-state index is 3.79. The molecule has 30 heavy (non-hydrogen) atoms. The first kappa shape index (κ1) is 16.1. The summed E-state index contributed by atoms with van der Waals surface area (Å²) in [7, 11) is 0. The van der Waals surface area contributed by atoms with E-state index in [2.05, 4.69) is 90.3 Å². The van der Waals surface area contributed by atoms with Gasteiger partial charge in [-0.3, -0.25) is 0 Å². The molecule has 4 aromatic carbocycles. The molecule has 3 aromatic heterocycles.